The van der Waals surface area contributed by atoms with Crippen molar-refractivity contribution in [1.82, 2.24) is 25.2 Å². The van der Waals surface area contributed by atoms with E-state index in [1.165, 1.54) is 12.1 Å². The van der Waals surface area contributed by atoms with Gasteiger partial charge >= 0.3 is 0 Å². The van der Waals surface area contributed by atoms with Crippen LogP contribution in [0.25, 0.3) is 11.0 Å². The molecule has 3 heterocycles. The van der Waals surface area contributed by atoms with Crippen molar-refractivity contribution < 1.29 is 17.7 Å². The summed E-state index contributed by atoms with van der Waals surface area (Å²) in [4.78, 5) is 37.7. The molecule has 10 heteroatoms. The van der Waals surface area contributed by atoms with Crippen LogP contribution in [0.5, 0.6) is 0 Å². The molecule has 0 bridgehead atoms. The fourth-order valence-corrected chi connectivity index (χ4v) is 3.62. The largest absolute Gasteiger partial charge is 0.365 e. The van der Waals surface area contributed by atoms with E-state index in [2.05, 4.69) is 15.0 Å². The number of pyridine rings is 1. The standard InChI is InChI=1S/C21H22F2N6O2/c1-12-20(30)27-18-14(25-12)4-3-13(17(18)22)11-28-7-9-29(10-8-28)16-6-5-15(21(31)24-2)26-19(16)23/h3-6H,7-11H2,1-2H3,(H,24,31)(H,27,30)/i2D3. The first-order chi connectivity index (χ1) is 16.0. The molecule has 1 aliphatic rings. The van der Waals surface area contributed by atoms with Gasteiger partial charge in [-0.25, -0.2) is 14.4 Å². The first-order valence-electron chi connectivity index (χ1n) is 11.2. The van der Waals surface area contributed by atoms with Crippen molar-refractivity contribution in [3.63, 3.8) is 0 Å². The zero-order valence-corrected chi connectivity index (χ0v) is 16.7. The van der Waals surface area contributed by atoms with Crippen LogP contribution in [0.4, 0.5) is 14.5 Å². The smallest absolute Gasteiger partial charge is 0.269 e. The number of nitrogens with one attached hydrogen (secondary N) is 2. The van der Waals surface area contributed by atoms with Crippen molar-refractivity contribution in [2.24, 2.45) is 0 Å². The highest BCUT2D eigenvalue weighted by Crippen LogP contribution is 2.22. The van der Waals surface area contributed by atoms with E-state index in [1.807, 2.05) is 4.90 Å². The monoisotopic (exact) mass is 431 g/mol. The highest BCUT2D eigenvalue weighted by molar-refractivity contribution is 5.92. The Morgan fingerprint density at radius 2 is 1.97 bits per heavy atom. The summed E-state index contributed by atoms with van der Waals surface area (Å²) < 4.78 is 50.7. The van der Waals surface area contributed by atoms with E-state index in [9.17, 15) is 18.4 Å². The lowest BCUT2D eigenvalue weighted by Crippen LogP contribution is -2.46. The normalized spacial score (nSPS) is 16.6. The number of H-pyrrole nitrogens is 1. The Hall–Kier alpha value is -3.40. The first-order valence-corrected chi connectivity index (χ1v) is 9.66. The van der Waals surface area contributed by atoms with Crippen LogP contribution in [-0.4, -0.2) is 58.9 Å². The van der Waals surface area contributed by atoms with Crippen molar-refractivity contribution >= 4 is 22.6 Å². The highest BCUT2D eigenvalue weighted by Gasteiger charge is 2.22. The molecule has 31 heavy (non-hydrogen) atoms. The Kier molecular flexibility index (Phi) is 4.68. The molecule has 1 aromatic carbocycles. The highest BCUT2D eigenvalue weighted by atomic mass is 19.1. The molecule has 0 atom stereocenters. The number of anilines is 1. The lowest BCUT2D eigenvalue weighted by atomic mass is 10.1. The molecule has 1 fully saturated rings. The molecular formula is C21H22F2N6O2. The number of fused-ring (bicyclic) bond motifs is 1. The van der Waals surface area contributed by atoms with Crippen LogP contribution in [-0.2, 0) is 6.54 Å². The van der Waals surface area contributed by atoms with E-state index in [1.54, 1.807) is 29.3 Å². The minimum atomic E-state index is -2.69. The number of hydrogen-bond acceptors (Lipinski definition) is 6. The van der Waals surface area contributed by atoms with Crippen molar-refractivity contribution in [1.29, 1.82) is 0 Å². The maximum Gasteiger partial charge on any atom is 0.269 e. The van der Waals surface area contributed by atoms with Crippen LogP contribution in [0.3, 0.4) is 0 Å². The van der Waals surface area contributed by atoms with E-state index in [4.69, 9.17) is 4.11 Å². The summed E-state index contributed by atoms with van der Waals surface area (Å²) in [5, 5.41) is 1.77. The zero-order valence-electron chi connectivity index (χ0n) is 19.7. The number of carbonyl (C=O) groups is 1. The number of amides is 1. The molecule has 0 unspecified atom stereocenters. The van der Waals surface area contributed by atoms with Gasteiger partial charge in [0.1, 0.15) is 16.9 Å². The van der Waals surface area contributed by atoms with E-state index in [0.717, 1.165) is 0 Å². The number of rotatable bonds is 4. The molecule has 3 aromatic rings. The van der Waals surface area contributed by atoms with Crippen molar-refractivity contribution in [2.75, 3.05) is 38.1 Å². The van der Waals surface area contributed by atoms with Gasteiger partial charge in [-0.3, -0.25) is 14.5 Å². The average Bonchev–Trinajstić information content (AvgIpc) is 2.77. The molecule has 2 N–H and O–H groups in total. The van der Waals surface area contributed by atoms with Crippen LogP contribution < -0.4 is 15.8 Å². The Bertz CT molecular complexity index is 1310. The molecule has 0 spiro atoms. The molecular weight excluding hydrogens is 406 g/mol. The van der Waals surface area contributed by atoms with Gasteiger partial charge in [-0.2, -0.15) is 4.39 Å². The molecule has 4 rings (SSSR count). The van der Waals surface area contributed by atoms with Gasteiger partial charge in [0.25, 0.3) is 11.5 Å². The number of piperazine rings is 1. The molecule has 1 aliphatic heterocycles. The third-order valence-corrected chi connectivity index (χ3v) is 5.34. The van der Waals surface area contributed by atoms with Gasteiger partial charge in [0.15, 0.2) is 5.82 Å². The number of aromatic amines is 1. The van der Waals surface area contributed by atoms with Crippen LogP contribution in [0.2, 0.25) is 0 Å². The molecule has 162 valence electrons. The fraction of sp³-hybridized carbons (Fsp3) is 0.333. The predicted octanol–water partition coefficient (Wildman–Crippen LogP) is 1.59. The summed E-state index contributed by atoms with van der Waals surface area (Å²) in [7, 11) is 0. The van der Waals surface area contributed by atoms with Crippen molar-refractivity contribution in [3.05, 3.63) is 63.3 Å². The van der Waals surface area contributed by atoms with E-state index < -0.39 is 30.2 Å². The Balaban J connectivity index is 1.42. The second kappa shape index (κ2) is 8.38. The van der Waals surface area contributed by atoms with Gasteiger partial charge in [-0.15, -0.1) is 0 Å². The van der Waals surface area contributed by atoms with Crippen molar-refractivity contribution in [2.45, 2.75) is 13.5 Å². The van der Waals surface area contributed by atoms with E-state index in [-0.39, 0.29) is 22.6 Å². The summed E-state index contributed by atoms with van der Waals surface area (Å²) in [6.07, 6.45) is 0. The van der Waals surface area contributed by atoms with Crippen LogP contribution in [0.1, 0.15) is 25.9 Å². The lowest BCUT2D eigenvalue weighted by molar-refractivity contribution is 0.0957. The van der Waals surface area contributed by atoms with Gasteiger partial charge in [0.05, 0.1) is 11.2 Å². The zero-order chi connectivity index (χ0) is 24.6. The van der Waals surface area contributed by atoms with Crippen LogP contribution in [0, 0.1) is 18.7 Å². The maximum atomic E-state index is 15.0. The number of carbonyl (C=O) groups excluding carboxylic acids is 1. The molecule has 0 saturated carbocycles. The molecule has 8 nitrogen and oxygen atoms in total. The molecule has 0 aliphatic carbocycles. The van der Waals surface area contributed by atoms with E-state index in [0.29, 0.717) is 43.8 Å². The van der Waals surface area contributed by atoms with Crippen LogP contribution in [0.15, 0.2) is 29.1 Å². The Labute approximate surface area is 181 Å². The second-order valence-corrected chi connectivity index (χ2v) is 7.31. The molecule has 1 saturated heterocycles. The fourth-order valence-electron chi connectivity index (χ4n) is 3.62. The maximum absolute atomic E-state index is 15.0. The van der Waals surface area contributed by atoms with Gasteiger partial charge in [-0.05, 0) is 25.1 Å². The van der Waals surface area contributed by atoms with Crippen molar-refractivity contribution in [3.8, 4) is 0 Å². The molecule has 2 aromatic heterocycles. The van der Waals surface area contributed by atoms with Gasteiger partial charge < -0.3 is 15.2 Å². The summed E-state index contributed by atoms with van der Waals surface area (Å²) in [6.45, 7) is 1.07. The second-order valence-electron chi connectivity index (χ2n) is 7.31. The number of aryl methyl sites for hydroxylation is 1. The number of hydrogen-bond donors (Lipinski definition) is 2. The number of aromatic nitrogens is 3. The van der Waals surface area contributed by atoms with E-state index >= 15 is 0 Å². The quantitative estimate of drug-likeness (QED) is 0.610. The molecule has 0 radical (unpaired) electrons. The number of benzene rings is 1. The van der Waals surface area contributed by atoms with Crippen LogP contribution >= 0.6 is 0 Å². The van der Waals surface area contributed by atoms with Gasteiger partial charge in [0.2, 0.25) is 5.95 Å². The molecule has 1 amide bonds. The first kappa shape index (κ1) is 17.3. The predicted molar refractivity (Wildman–Crippen MR) is 112 cm³/mol. The summed E-state index contributed by atoms with van der Waals surface area (Å²) >= 11 is 0. The summed E-state index contributed by atoms with van der Waals surface area (Å²) in [5.74, 6) is -2.39. The summed E-state index contributed by atoms with van der Waals surface area (Å²) in [6, 6.07) is 5.97. The Morgan fingerprint density at radius 1 is 1.19 bits per heavy atom. The minimum absolute atomic E-state index is 0.0718. The lowest BCUT2D eigenvalue weighted by Gasteiger charge is -2.36. The average molecular weight is 431 g/mol. The number of nitrogens with zero attached hydrogens (tertiary/aromatic N) is 4. The SMILES string of the molecule is [2H]C([2H])([2H])NC(=O)c1ccc(N2CCN(Cc3ccc4nc(C)c(=O)[nH]c4c3F)CC2)c(F)n1. The van der Waals surface area contributed by atoms with Gasteiger partial charge in [-0.1, -0.05) is 6.07 Å². The van der Waals surface area contributed by atoms with Gasteiger partial charge in [0, 0.05) is 49.4 Å². The topological polar surface area (TPSA) is 94.2 Å². The number of halogens is 2. The summed E-state index contributed by atoms with van der Waals surface area (Å²) in [5.41, 5.74) is 0.564. The third-order valence-electron chi connectivity index (χ3n) is 5.34. The minimum Gasteiger partial charge on any atom is -0.365 e. The third kappa shape index (κ3) is 4.11. The Morgan fingerprint density at radius 3 is 2.68 bits per heavy atom.